The maximum Gasteiger partial charge on any atom is 0.104 e. The van der Waals surface area contributed by atoms with E-state index < -0.39 is 0 Å². The van der Waals surface area contributed by atoms with Crippen LogP contribution in [0.4, 0.5) is 5.69 Å². The molecule has 0 bridgehead atoms. The standard InChI is InChI=1S/C11H12N2S.C6H13NO/c1-2-7-13(6-1)9-4-3-5-10-11(9)12-8-14-10;1-7-4-2-6(8)3-5-7/h3-5,8H,1-2,6-7H2;6,8H,2-5H2,1H3. The van der Waals surface area contributed by atoms with Gasteiger partial charge in [-0.05, 0) is 44.9 Å². The van der Waals surface area contributed by atoms with Gasteiger partial charge in [0.05, 0.1) is 22.0 Å². The molecule has 0 amide bonds. The Balaban J connectivity index is 0.000000154. The van der Waals surface area contributed by atoms with Crippen LogP contribution in [0.1, 0.15) is 25.7 Å². The molecule has 0 aliphatic carbocycles. The van der Waals surface area contributed by atoms with Crippen LogP contribution in [0.2, 0.25) is 0 Å². The molecule has 2 aliphatic rings. The quantitative estimate of drug-likeness (QED) is 0.877. The van der Waals surface area contributed by atoms with E-state index in [9.17, 15) is 0 Å². The number of hydrogen-bond donors (Lipinski definition) is 1. The third-order valence-electron chi connectivity index (χ3n) is 4.47. The highest BCUT2D eigenvalue weighted by Crippen LogP contribution is 2.30. The van der Waals surface area contributed by atoms with E-state index in [-0.39, 0.29) is 6.10 Å². The Bertz CT molecular complexity index is 576. The largest absolute Gasteiger partial charge is 0.393 e. The maximum absolute atomic E-state index is 9.00. The molecule has 0 atom stereocenters. The fourth-order valence-corrected chi connectivity index (χ4v) is 3.78. The van der Waals surface area contributed by atoms with Crippen molar-refractivity contribution in [1.82, 2.24) is 9.88 Å². The maximum atomic E-state index is 9.00. The molecular formula is C17H25N3OS. The number of likely N-dealkylation sites (tertiary alicyclic amines) is 1. The van der Waals surface area contributed by atoms with Gasteiger partial charge in [0.1, 0.15) is 5.52 Å². The van der Waals surface area contributed by atoms with Crippen molar-refractivity contribution in [3.05, 3.63) is 23.7 Å². The number of benzene rings is 1. The van der Waals surface area contributed by atoms with E-state index in [0.29, 0.717) is 0 Å². The Labute approximate surface area is 136 Å². The molecule has 0 saturated carbocycles. The number of aliphatic hydroxyl groups is 1. The third-order valence-corrected chi connectivity index (χ3v) is 5.27. The number of fused-ring (bicyclic) bond motifs is 1. The first-order chi connectivity index (χ1) is 10.7. The monoisotopic (exact) mass is 319 g/mol. The molecule has 0 spiro atoms. The lowest BCUT2D eigenvalue weighted by Crippen LogP contribution is -2.32. The highest BCUT2D eigenvalue weighted by Gasteiger charge is 2.15. The Kier molecular flexibility index (Phi) is 5.28. The Morgan fingerprint density at radius 1 is 1.14 bits per heavy atom. The van der Waals surface area contributed by atoms with Crippen molar-refractivity contribution in [3.63, 3.8) is 0 Å². The van der Waals surface area contributed by atoms with E-state index in [1.54, 1.807) is 11.3 Å². The van der Waals surface area contributed by atoms with Crippen molar-refractivity contribution >= 4 is 27.2 Å². The zero-order chi connectivity index (χ0) is 15.4. The first-order valence-corrected chi connectivity index (χ1v) is 9.06. The molecule has 0 unspecified atom stereocenters. The zero-order valence-electron chi connectivity index (χ0n) is 13.2. The van der Waals surface area contributed by atoms with Crippen LogP contribution < -0.4 is 4.90 Å². The van der Waals surface area contributed by atoms with Crippen molar-refractivity contribution in [2.24, 2.45) is 0 Å². The number of aliphatic hydroxyl groups excluding tert-OH is 1. The van der Waals surface area contributed by atoms with Crippen molar-refractivity contribution < 1.29 is 5.11 Å². The van der Waals surface area contributed by atoms with E-state index in [0.717, 1.165) is 25.9 Å². The molecule has 2 fully saturated rings. The van der Waals surface area contributed by atoms with Gasteiger partial charge in [0, 0.05) is 26.2 Å². The molecule has 2 saturated heterocycles. The lowest BCUT2D eigenvalue weighted by molar-refractivity contribution is 0.0943. The molecule has 2 aromatic rings. The van der Waals surface area contributed by atoms with Crippen LogP contribution in [-0.2, 0) is 0 Å². The summed E-state index contributed by atoms with van der Waals surface area (Å²) in [6, 6.07) is 6.47. The van der Waals surface area contributed by atoms with E-state index in [2.05, 4.69) is 40.0 Å². The van der Waals surface area contributed by atoms with Gasteiger partial charge in [-0.3, -0.25) is 0 Å². The number of para-hydroxylation sites is 1. The number of piperidine rings is 1. The van der Waals surface area contributed by atoms with Crippen LogP contribution >= 0.6 is 11.3 Å². The summed E-state index contributed by atoms with van der Waals surface area (Å²) in [6.07, 6.45) is 4.53. The Morgan fingerprint density at radius 3 is 2.55 bits per heavy atom. The molecule has 2 aliphatic heterocycles. The molecule has 5 heteroatoms. The highest BCUT2D eigenvalue weighted by atomic mass is 32.1. The SMILES string of the molecule is CN1CCC(O)CC1.c1cc(N2CCCC2)c2ncsc2c1. The van der Waals surface area contributed by atoms with Gasteiger partial charge in [0.2, 0.25) is 0 Å². The second kappa shape index (κ2) is 7.40. The summed E-state index contributed by atoms with van der Waals surface area (Å²) in [5.74, 6) is 0. The average molecular weight is 319 g/mol. The van der Waals surface area contributed by atoms with Gasteiger partial charge in [0.25, 0.3) is 0 Å². The predicted octanol–water partition coefficient (Wildman–Crippen LogP) is 2.97. The van der Waals surface area contributed by atoms with Crippen molar-refractivity contribution in [1.29, 1.82) is 0 Å². The molecule has 1 N–H and O–H groups in total. The van der Waals surface area contributed by atoms with Crippen LogP contribution in [0.3, 0.4) is 0 Å². The van der Waals surface area contributed by atoms with Crippen LogP contribution in [0, 0.1) is 0 Å². The number of aromatic nitrogens is 1. The second-order valence-corrected chi connectivity index (χ2v) is 7.09. The topological polar surface area (TPSA) is 39.6 Å². The fourth-order valence-electron chi connectivity index (χ4n) is 3.08. The van der Waals surface area contributed by atoms with Gasteiger partial charge in [-0.1, -0.05) is 6.07 Å². The van der Waals surface area contributed by atoms with Gasteiger partial charge < -0.3 is 14.9 Å². The first-order valence-electron chi connectivity index (χ1n) is 8.18. The molecule has 4 rings (SSSR count). The van der Waals surface area contributed by atoms with Crippen LogP contribution in [0.15, 0.2) is 23.7 Å². The van der Waals surface area contributed by atoms with E-state index >= 15 is 0 Å². The summed E-state index contributed by atoms with van der Waals surface area (Å²) in [5.41, 5.74) is 4.44. The van der Waals surface area contributed by atoms with Crippen molar-refractivity contribution in [3.8, 4) is 0 Å². The summed E-state index contributed by atoms with van der Waals surface area (Å²) in [7, 11) is 2.09. The summed E-state index contributed by atoms with van der Waals surface area (Å²) in [6.45, 7) is 4.50. The molecule has 4 nitrogen and oxygen atoms in total. The number of thiazole rings is 1. The molecule has 0 radical (unpaired) electrons. The molecular weight excluding hydrogens is 294 g/mol. The van der Waals surface area contributed by atoms with E-state index in [1.807, 2.05) is 5.51 Å². The minimum absolute atomic E-state index is 0.0220. The molecule has 120 valence electrons. The summed E-state index contributed by atoms with van der Waals surface area (Å²) >= 11 is 1.72. The fraction of sp³-hybridized carbons (Fsp3) is 0.588. The van der Waals surface area contributed by atoms with Gasteiger partial charge in [-0.25, -0.2) is 4.98 Å². The predicted molar refractivity (Wildman–Crippen MR) is 93.8 cm³/mol. The Morgan fingerprint density at radius 2 is 1.86 bits per heavy atom. The average Bonchev–Trinajstić information content (AvgIpc) is 3.21. The Hall–Kier alpha value is -1.17. The van der Waals surface area contributed by atoms with Gasteiger partial charge >= 0.3 is 0 Å². The third kappa shape index (κ3) is 3.77. The normalized spacial score (nSPS) is 20.2. The minimum atomic E-state index is -0.0220. The summed E-state index contributed by atoms with van der Waals surface area (Å²) in [5, 5.41) is 9.00. The number of nitrogens with zero attached hydrogens (tertiary/aromatic N) is 3. The van der Waals surface area contributed by atoms with E-state index in [1.165, 1.54) is 41.8 Å². The lowest BCUT2D eigenvalue weighted by Gasteiger charge is -2.25. The lowest BCUT2D eigenvalue weighted by atomic mass is 10.1. The van der Waals surface area contributed by atoms with Gasteiger partial charge in [0.15, 0.2) is 0 Å². The second-order valence-electron chi connectivity index (χ2n) is 6.20. The van der Waals surface area contributed by atoms with Gasteiger partial charge in [-0.15, -0.1) is 11.3 Å². The van der Waals surface area contributed by atoms with Crippen molar-refractivity contribution in [2.45, 2.75) is 31.8 Å². The summed E-state index contributed by atoms with van der Waals surface area (Å²) in [4.78, 5) is 9.13. The smallest absolute Gasteiger partial charge is 0.104 e. The minimum Gasteiger partial charge on any atom is -0.393 e. The number of hydrogen-bond acceptors (Lipinski definition) is 5. The zero-order valence-corrected chi connectivity index (χ0v) is 14.1. The van der Waals surface area contributed by atoms with Gasteiger partial charge in [-0.2, -0.15) is 0 Å². The molecule has 22 heavy (non-hydrogen) atoms. The number of anilines is 1. The first kappa shape index (κ1) is 15.7. The van der Waals surface area contributed by atoms with Crippen LogP contribution in [0.5, 0.6) is 0 Å². The molecule has 3 heterocycles. The van der Waals surface area contributed by atoms with Crippen LogP contribution in [-0.4, -0.2) is 54.3 Å². The van der Waals surface area contributed by atoms with Crippen LogP contribution in [0.25, 0.3) is 10.2 Å². The van der Waals surface area contributed by atoms with E-state index in [4.69, 9.17) is 5.11 Å². The van der Waals surface area contributed by atoms with Crippen molar-refractivity contribution in [2.75, 3.05) is 38.1 Å². The molecule has 1 aromatic carbocycles. The highest BCUT2D eigenvalue weighted by molar-refractivity contribution is 7.16. The molecule has 1 aromatic heterocycles. The summed E-state index contributed by atoms with van der Waals surface area (Å²) < 4.78 is 1.30. The number of rotatable bonds is 1.